The molecule has 0 aliphatic carbocycles. The van der Waals surface area contributed by atoms with Crippen molar-refractivity contribution in [1.29, 1.82) is 0 Å². The summed E-state index contributed by atoms with van der Waals surface area (Å²) in [5, 5.41) is 9.75. The van der Waals surface area contributed by atoms with Crippen LogP contribution in [0.5, 0.6) is 0 Å². The molecule has 0 fully saturated rings. The number of rotatable bonds is 6. The molecule has 0 aliphatic heterocycles. The van der Waals surface area contributed by atoms with Crippen LogP contribution >= 0.6 is 12.2 Å². The first-order valence-electron chi connectivity index (χ1n) is 7.55. The van der Waals surface area contributed by atoms with E-state index in [2.05, 4.69) is 40.2 Å². The summed E-state index contributed by atoms with van der Waals surface area (Å²) in [4.78, 5) is 10.8. The molecule has 2 aromatic carbocycles. The highest BCUT2D eigenvalue weighted by Gasteiger charge is 2.14. The smallest absolute Gasteiger partial charge is 0.216 e. The van der Waals surface area contributed by atoms with Gasteiger partial charge in [-0.05, 0) is 23.3 Å². The molecule has 4 nitrogen and oxygen atoms in total. The maximum atomic E-state index is 10.8. The van der Waals surface area contributed by atoms with Crippen LogP contribution in [0.4, 0.5) is 0 Å². The van der Waals surface area contributed by atoms with Gasteiger partial charge in [-0.3, -0.25) is 4.79 Å². The van der Waals surface area contributed by atoms with Gasteiger partial charge < -0.3 is 16.0 Å². The Hall–Kier alpha value is -2.40. The molecule has 2 rings (SSSR count). The molecular formula is C18H21N3OS. The summed E-state index contributed by atoms with van der Waals surface area (Å²) in [6.45, 7) is 2.62. The zero-order valence-corrected chi connectivity index (χ0v) is 13.9. The Bertz CT molecular complexity index is 592. The molecule has 0 saturated carbocycles. The standard InChI is InChI=1S/C18H21N3OS/c1-14(22)19-12-13-20-18(23)21-17(15-8-4-2-5-9-15)16-10-6-3-7-11-16/h2-11,17H,12-13H2,1H3,(H,19,22)(H2,20,21,23). The average Bonchev–Trinajstić information content (AvgIpc) is 2.58. The molecule has 0 heterocycles. The normalized spacial score (nSPS) is 10.2. The summed E-state index contributed by atoms with van der Waals surface area (Å²) in [6, 6.07) is 20.3. The summed E-state index contributed by atoms with van der Waals surface area (Å²) in [7, 11) is 0. The van der Waals surface area contributed by atoms with Crippen LogP contribution in [0.15, 0.2) is 60.7 Å². The maximum Gasteiger partial charge on any atom is 0.216 e. The van der Waals surface area contributed by atoms with Crippen LogP contribution in [0.25, 0.3) is 0 Å². The second kappa shape index (κ2) is 8.90. The van der Waals surface area contributed by atoms with E-state index in [4.69, 9.17) is 12.2 Å². The van der Waals surface area contributed by atoms with Crippen molar-refractivity contribution in [1.82, 2.24) is 16.0 Å². The largest absolute Gasteiger partial charge is 0.361 e. The molecule has 0 atom stereocenters. The highest BCUT2D eigenvalue weighted by atomic mass is 32.1. The van der Waals surface area contributed by atoms with Gasteiger partial charge in [-0.2, -0.15) is 0 Å². The molecule has 2 aromatic rings. The van der Waals surface area contributed by atoms with Crippen LogP contribution < -0.4 is 16.0 Å². The van der Waals surface area contributed by atoms with Gasteiger partial charge in [-0.15, -0.1) is 0 Å². The lowest BCUT2D eigenvalue weighted by Gasteiger charge is -2.22. The van der Waals surface area contributed by atoms with E-state index < -0.39 is 0 Å². The van der Waals surface area contributed by atoms with Crippen molar-refractivity contribution < 1.29 is 4.79 Å². The summed E-state index contributed by atoms with van der Waals surface area (Å²) in [5.74, 6) is -0.0443. The van der Waals surface area contributed by atoms with Gasteiger partial charge in [0.05, 0.1) is 6.04 Å². The molecule has 23 heavy (non-hydrogen) atoms. The van der Waals surface area contributed by atoms with Gasteiger partial charge in [0.15, 0.2) is 5.11 Å². The Labute approximate surface area is 142 Å². The van der Waals surface area contributed by atoms with Gasteiger partial charge in [0, 0.05) is 20.0 Å². The van der Waals surface area contributed by atoms with Crippen molar-refractivity contribution in [2.45, 2.75) is 13.0 Å². The monoisotopic (exact) mass is 327 g/mol. The molecule has 1 amide bonds. The lowest BCUT2D eigenvalue weighted by molar-refractivity contribution is -0.118. The number of carbonyl (C=O) groups is 1. The number of amides is 1. The second-order valence-corrected chi connectivity index (χ2v) is 5.55. The lowest BCUT2D eigenvalue weighted by atomic mass is 9.99. The lowest BCUT2D eigenvalue weighted by Crippen LogP contribution is -2.41. The van der Waals surface area contributed by atoms with E-state index in [1.807, 2.05) is 36.4 Å². The summed E-state index contributed by atoms with van der Waals surface area (Å²) >= 11 is 5.37. The van der Waals surface area contributed by atoms with E-state index in [0.717, 1.165) is 11.1 Å². The minimum absolute atomic E-state index is 0.0156. The molecule has 0 spiro atoms. The Balaban J connectivity index is 2.01. The summed E-state index contributed by atoms with van der Waals surface area (Å²) in [6.07, 6.45) is 0. The molecule has 0 aromatic heterocycles. The summed E-state index contributed by atoms with van der Waals surface area (Å²) < 4.78 is 0. The van der Waals surface area contributed by atoms with E-state index in [-0.39, 0.29) is 11.9 Å². The first-order valence-corrected chi connectivity index (χ1v) is 7.96. The van der Waals surface area contributed by atoms with E-state index >= 15 is 0 Å². The van der Waals surface area contributed by atoms with Crippen LogP contribution in [-0.4, -0.2) is 24.1 Å². The first-order chi connectivity index (χ1) is 11.2. The molecule has 0 radical (unpaired) electrons. The maximum absolute atomic E-state index is 10.8. The number of hydrogen-bond donors (Lipinski definition) is 3. The molecule has 5 heteroatoms. The van der Waals surface area contributed by atoms with Gasteiger partial charge >= 0.3 is 0 Å². The van der Waals surface area contributed by atoms with Crippen LogP contribution in [0.2, 0.25) is 0 Å². The third-order valence-electron chi connectivity index (χ3n) is 3.33. The van der Waals surface area contributed by atoms with Crippen LogP contribution in [0.1, 0.15) is 24.1 Å². The average molecular weight is 327 g/mol. The van der Waals surface area contributed by atoms with Crippen molar-refractivity contribution in [3.8, 4) is 0 Å². The highest BCUT2D eigenvalue weighted by Crippen LogP contribution is 2.21. The zero-order valence-electron chi connectivity index (χ0n) is 13.1. The third-order valence-corrected chi connectivity index (χ3v) is 3.59. The van der Waals surface area contributed by atoms with Gasteiger partial charge in [0.1, 0.15) is 0 Å². The Kier molecular flexibility index (Phi) is 6.56. The van der Waals surface area contributed by atoms with Crippen LogP contribution in [-0.2, 0) is 4.79 Å². The Morgan fingerprint density at radius 1 is 0.913 bits per heavy atom. The molecule has 0 saturated heterocycles. The number of carbonyl (C=O) groups excluding carboxylic acids is 1. The molecule has 3 N–H and O–H groups in total. The van der Waals surface area contributed by atoms with Crippen molar-refractivity contribution in [3.63, 3.8) is 0 Å². The van der Waals surface area contributed by atoms with Crippen LogP contribution in [0.3, 0.4) is 0 Å². The Morgan fingerprint density at radius 3 is 1.87 bits per heavy atom. The highest BCUT2D eigenvalue weighted by molar-refractivity contribution is 7.80. The van der Waals surface area contributed by atoms with Crippen molar-refractivity contribution >= 4 is 23.2 Å². The quantitative estimate of drug-likeness (QED) is 0.563. The second-order valence-electron chi connectivity index (χ2n) is 5.14. The molecule has 0 bridgehead atoms. The Morgan fingerprint density at radius 2 is 1.39 bits per heavy atom. The van der Waals surface area contributed by atoms with Gasteiger partial charge in [-0.25, -0.2) is 0 Å². The summed E-state index contributed by atoms with van der Waals surface area (Å²) in [5.41, 5.74) is 2.29. The molecule has 0 unspecified atom stereocenters. The van der Waals surface area contributed by atoms with Gasteiger partial charge in [-0.1, -0.05) is 60.7 Å². The number of nitrogens with one attached hydrogen (secondary N) is 3. The molecule has 0 aliphatic rings. The zero-order chi connectivity index (χ0) is 16.5. The predicted octanol–water partition coefficient (Wildman–Crippen LogP) is 2.38. The fraction of sp³-hybridized carbons (Fsp3) is 0.222. The fourth-order valence-corrected chi connectivity index (χ4v) is 2.47. The minimum Gasteiger partial charge on any atom is -0.361 e. The fourth-order valence-electron chi connectivity index (χ4n) is 2.25. The van der Waals surface area contributed by atoms with E-state index in [1.165, 1.54) is 6.92 Å². The third kappa shape index (κ3) is 5.71. The van der Waals surface area contributed by atoms with Crippen molar-refractivity contribution in [3.05, 3.63) is 71.8 Å². The van der Waals surface area contributed by atoms with Gasteiger partial charge in [0.25, 0.3) is 0 Å². The number of hydrogen-bond acceptors (Lipinski definition) is 2. The van der Waals surface area contributed by atoms with E-state index in [0.29, 0.717) is 18.2 Å². The van der Waals surface area contributed by atoms with Crippen molar-refractivity contribution in [2.75, 3.05) is 13.1 Å². The predicted molar refractivity (Wildman–Crippen MR) is 97.1 cm³/mol. The number of thiocarbonyl (C=S) groups is 1. The number of benzene rings is 2. The van der Waals surface area contributed by atoms with Crippen LogP contribution in [0, 0.1) is 0 Å². The van der Waals surface area contributed by atoms with E-state index in [1.54, 1.807) is 0 Å². The minimum atomic E-state index is -0.0443. The SMILES string of the molecule is CC(=O)NCCNC(=S)NC(c1ccccc1)c1ccccc1. The van der Waals surface area contributed by atoms with Crippen molar-refractivity contribution in [2.24, 2.45) is 0 Å². The molecule has 120 valence electrons. The van der Waals surface area contributed by atoms with E-state index in [9.17, 15) is 4.79 Å². The first kappa shape index (κ1) is 17.0. The van der Waals surface area contributed by atoms with Gasteiger partial charge in [0.2, 0.25) is 5.91 Å². The topological polar surface area (TPSA) is 53.2 Å². The molecular weight excluding hydrogens is 306 g/mol.